The lowest BCUT2D eigenvalue weighted by Gasteiger charge is -2.37. The molecule has 1 saturated heterocycles. The fraction of sp³-hybridized carbons (Fsp3) is 0.750. The molecule has 0 bridgehead atoms. The summed E-state index contributed by atoms with van der Waals surface area (Å²) >= 11 is 0.817. The first-order chi connectivity index (χ1) is 11.3. The number of alkyl carbamates (subject to hydrolysis) is 1. The van der Waals surface area contributed by atoms with E-state index in [1.54, 1.807) is 0 Å². The predicted octanol–water partition coefficient (Wildman–Crippen LogP) is -2.71. The Morgan fingerprint density at radius 3 is 2.50 bits per heavy atom. The van der Waals surface area contributed by atoms with Gasteiger partial charge in [-0.25, -0.2) is 4.79 Å². The Balaban J connectivity index is 2.46. The quantitative estimate of drug-likeness (QED) is 0.233. The van der Waals surface area contributed by atoms with Gasteiger partial charge in [-0.1, -0.05) is 11.8 Å². The molecule has 0 radical (unpaired) electrons. The third kappa shape index (κ3) is 6.22. The summed E-state index contributed by atoms with van der Waals surface area (Å²) in [6, 6.07) is 0. The van der Waals surface area contributed by atoms with Crippen LogP contribution in [0.25, 0.3) is 0 Å². The Bertz CT molecular complexity index is 450. The number of hydrogen-bond donors (Lipinski definition) is 5. The molecule has 6 unspecified atom stereocenters. The predicted molar refractivity (Wildman–Crippen MR) is 77.5 cm³/mol. The minimum atomic E-state index is -1.75. The fourth-order valence-electron chi connectivity index (χ4n) is 1.77. The average Bonchev–Trinajstić information content (AvgIpc) is 2.53. The van der Waals surface area contributed by atoms with Crippen LogP contribution in [0, 0.1) is 0 Å². The summed E-state index contributed by atoms with van der Waals surface area (Å²) in [5.41, 5.74) is 0. The Morgan fingerprint density at radius 2 is 1.92 bits per heavy atom. The van der Waals surface area contributed by atoms with Crippen molar-refractivity contribution in [1.29, 1.82) is 0 Å². The minimum Gasteiger partial charge on any atom is -0.447 e. The Morgan fingerprint density at radius 1 is 1.25 bits per heavy atom. The first-order valence-electron chi connectivity index (χ1n) is 6.79. The van der Waals surface area contributed by atoms with Gasteiger partial charge in [0.1, 0.15) is 31.0 Å². The van der Waals surface area contributed by atoms with E-state index in [1.165, 1.54) is 6.92 Å². The lowest BCUT2D eigenvalue weighted by atomic mass is 9.99. The van der Waals surface area contributed by atoms with Gasteiger partial charge >= 0.3 is 6.09 Å². The van der Waals surface area contributed by atoms with Crippen molar-refractivity contribution in [2.45, 2.75) is 43.9 Å². The molecule has 1 amide bonds. The molecular weight excluding hydrogens is 350 g/mol. The lowest BCUT2D eigenvalue weighted by Crippen LogP contribution is -2.58. The number of aliphatic hydroxyl groups is 4. The molecule has 24 heavy (non-hydrogen) atoms. The molecule has 138 valence electrons. The maximum atomic E-state index is 11.6. The monoisotopic (exact) mass is 369 g/mol. The molecule has 1 heterocycles. The highest BCUT2D eigenvalue weighted by Crippen LogP contribution is 2.20. The topological polar surface area (TPSA) is 172 Å². The van der Waals surface area contributed by atoms with Crippen LogP contribution >= 0.6 is 11.8 Å². The number of amides is 1. The smallest absolute Gasteiger partial charge is 0.410 e. The molecule has 0 aromatic carbocycles. The molecule has 1 aliphatic heterocycles. The zero-order valence-electron chi connectivity index (χ0n) is 12.6. The fourth-order valence-corrected chi connectivity index (χ4v) is 2.32. The van der Waals surface area contributed by atoms with Crippen LogP contribution in [-0.2, 0) is 23.8 Å². The zero-order chi connectivity index (χ0) is 18.3. The number of carbonyl (C=O) groups excluding carboxylic acids is 3. The van der Waals surface area contributed by atoms with Gasteiger partial charge in [0.15, 0.2) is 17.6 Å². The molecule has 0 aliphatic carbocycles. The number of thioether (sulfide) groups is 1. The van der Waals surface area contributed by atoms with Crippen molar-refractivity contribution in [2.75, 3.05) is 12.4 Å². The van der Waals surface area contributed by atoms with Crippen molar-refractivity contribution in [1.82, 2.24) is 5.32 Å². The van der Waals surface area contributed by atoms with Crippen LogP contribution in [-0.4, -0.2) is 87.4 Å². The van der Waals surface area contributed by atoms with Crippen molar-refractivity contribution in [3.05, 3.63) is 0 Å². The Kier molecular flexibility index (Phi) is 8.38. The van der Waals surface area contributed by atoms with Crippen LogP contribution in [0.4, 0.5) is 4.79 Å². The molecule has 0 spiro atoms. The van der Waals surface area contributed by atoms with Crippen molar-refractivity contribution >= 4 is 29.4 Å². The standard InChI is InChI=1S/C12H19NO10S/c1-5(15)24-3-7(22-4-14)13-12(20)21-2-6-8(16)9(17)10(18)11(19)23-6/h4,6-11,16-19H,2-3H2,1H3,(H,13,20). The Labute approximate surface area is 140 Å². The first kappa shape index (κ1) is 20.6. The summed E-state index contributed by atoms with van der Waals surface area (Å²) in [5, 5.41) is 39.7. The van der Waals surface area contributed by atoms with E-state index in [2.05, 4.69) is 10.1 Å². The molecule has 1 rings (SSSR count). The van der Waals surface area contributed by atoms with Crippen molar-refractivity contribution in [3.63, 3.8) is 0 Å². The van der Waals surface area contributed by atoms with E-state index in [0.29, 0.717) is 0 Å². The number of hydrogen-bond acceptors (Lipinski definition) is 11. The van der Waals surface area contributed by atoms with Gasteiger partial charge in [0.2, 0.25) is 0 Å². The van der Waals surface area contributed by atoms with E-state index in [4.69, 9.17) is 9.47 Å². The van der Waals surface area contributed by atoms with Crippen LogP contribution in [0.3, 0.4) is 0 Å². The average molecular weight is 369 g/mol. The van der Waals surface area contributed by atoms with Gasteiger partial charge in [0.05, 0.1) is 5.75 Å². The molecule has 0 saturated carbocycles. The Hall–Kier alpha value is -1.44. The summed E-state index contributed by atoms with van der Waals surface area (Å²) < 4.78 is 14.1. The number of carbonyl (C=O) groups is 3. The van der Waals surface area contributed by atoms with E-state index in [9.17, 15) is 34.8 Å². The first-order valence-corrected chi connectivity index (χ1v) is 7.78. The van der Waals surface area contributed by atoms with Gasteiger partial charge in [-0.3, -0.25) is 14.9 Å². The second-order valence-corrected chi connectivity index (χ2v) is 6.00. The zero-order valence-corrected chi connectivity index (χ0v) is 13.4. The highest BCUT2D eigenvalue weighted by molar-refractivity contribution is 8.13. The maximum absolute atomic E-state index is 11.6. The molecule has 1 aliphatic rings. The van der Waals surface area contributed by atoms with E-state index in [0.717, 1.165) is 11.8 Å². The molecule has 0 aromatic rings. The summed E-state index contributed by atoms with van der Waals surface area (Å²) in [4.78, 5) is 32.8. The molecule has 1 fully saturated rings. The number of ether oxygens (including phenoxy) is 3. The summed E-state index contributed by atoms with van der Waals surface area (Å²) in [5.74, 6) is -0.0324. The number of rotatable bonds is 7. The third-order valence-corrected chi connectivity index (χ3v) is 3.88. The molecule has 6 atom stereocenters. The molecule has 11 nitrogen and oxygen atoms in total. The van der Waals surface area contributed by atoms with E-state index >= 15 is 0 Å². The van der Waals surface area contributed by atoms with Gasteiger partial charge in [-0.15, -0.1) is 0 Å². The van der Waals surface area contributed by atoms with Crippen LogP contribution in [0.15, 0.2) is 0 Å². The van der Waals surface area contributed by atoms with E-state index < -0.39 is 49.6 Å². The number of nitrogens with one attached hydrogen (secondary N) is 1. The van der Waals surface area contributed by atoms with Crippen LogP contribution in [0.2, 0.25) is 0 Å². The summed E-state index contributed by atoms with van der Waals surface area (Å²) in [7, 11) is 0. The minimum absolute atomic E-state index is 0.0324. The highest BCUT2D eigenvalue weighted by Gasteiger charge is 2.43. The van der Waals surface area contributed by atoms with Crippen molar-refractivity contribution in [3.8, 4) is 0 Å². The molecule has 12 heteroatoms. The largest absolute Gasteiger partial charge is 0.447 e. The molecular formula is C12H19NO10S. The summed E-state index contributed by atoms with van der Waals surface area (Å²) in [6.07, 6.45) is -10.1. The highest BCUT2D eigenvalue weighted by atomic mass is 32.2. The van der Waals surface area contributed by atoms with Gasteiger partial charge in [-0.05, 0) is 0 Å². The van der Waals surface area contributed by atoms with E-state index in [-0.39, 0.29) is 17.3 Å². The van der Waals surface area contributed by atoms with Gasteiger partial charge < -0.3 is 34.6 Å². The normalized spacial score (nSPS) is 31.0. The number of aliphatic hydroxyl groups excluding tert-OH is 4. The SMILES string of the molecule is CC(=O)SCC(NC(=O)OCC1OC(O)C(O)C(O)C1O)OC=O. The van der Waals surface area contributed by atoms with Crippen LogP contribution in [0.1, 0.15) is 6.92 Å². The molecule has 0 aromatic heterocycles. The van der Waals surface area contributed by atoms with Crippen molar-refractivity contribution < 1.29 is 49.0 Å². The summed E-state index contributed by atoms with van der Waals surface area (Å²) in [6.45, 7) is 0.836. The second-order valence-electron chi connectivity index (χ2n) is 4.80. The molecule has 5 N–H and O–H groups in total. The van der Waals surface area contributed by atoms with Gasteiger partial charge in [0.25, 0.3) is 6.47 Å². The maximum Gasteiger partial charge on any atom is 0.410 e. The lowest BCUT2D eigenvalue weighted by molar-refractivity contribution is -0.286. The van der Waals surface area contributed by atoms with Crippen molar-refractivity contribution in [2.24, 2.45) is 0 Å². The van der Waals surface area contributed by atoms with Gasteiger partial charge in [0, 0.05) is 6.92 Å². The third-order valence-electron chi connectivity index (χ3n) is 3.00. The second kappa shape index (κ2) is 9.76. The van der Waals surface area contributed by atoms with E-state index in [1.807, 2.05) is 0 Å². The van der Waals surface area contributed by atoms with Crippen LogP contribution in [0.5, 0.6) is 0 Å². The van der Waals surface area contributed by atoms with Crippen LogP contribution < -0.4 is 5.32 Å². The van der Waals surface area contributed by atoms with Gasteiger partial charge in [-0.2, -0.15) is 0 Å².